The van der Waals surface area contributed by atoms with Crippen molar-refractivity contribution in [2.45, 2.75) is 0 Å². The lowest BCUT2D eigenvalue weighted by atomic mass is 10.2. The first kappa shape index (κ1) is 17.2. The van der Waals surface area contributed by atoms with Crippen LogP contribution in [-0.4, -0.2) is 28.8 Å². The van der Waals surface area contributed by atoms with Crippen LogP contribution >= 0.6 is 11.6 Å². The van der Waals surface area contributed by atoms with E-state index >= 15 is 0 Å². The average Bonchev–Trinajstić information content (AvgIpc) is 2.54. The number of benzene rings is 2. The van der Waals surface area contributed by atoms with Gasteiger partial charge in [-0.05, 0) is 24.3 Å². The number of amides is 1. The third kappa shape index (κ3) is 4.96. The van der Waals surface area contributed by atoms with Crippen LogP contribution in [0, 0.1) is 10.1 Å². The molecular formula is C15H12ClN3O5. The molecule has 24 heavy (non-hydrogen) atoms. The molecule has 0 saturated carbocycles. The molecule has 0 fully saturated rings. The van der Waals surface area contributed by atoms with Crippen molar-refractivity contribution in [1.29, 1.82) is 0 Å². The molecule has 0 aliphatic heterocycles. The van der Waals surface area contributed by atoms with Crippen LogP contribution in [0.2, 0.25) is 5.02 Å². The monoisotopic (exact) mass is 349 g/mol. The van der Waals surface area contributed by atoms with E-state index in [1.807, 2.05) is 0 Å². The van der Waals surface area contributed by atoms with Gasteiger partial charge in [0.15, 0.2) is 6.61 Å². The summed E-state index contributed by atoms with van der Waals surface area (Å²) >= 11 is 5.79. The molecule has 0 atom stereocenters. The topological polar surface area (TPSA) is 114 Å². The molecule has 0 saturated heterocycles. The number of carbonyl (C=O) groups is 1. The summed E-state index contributed by atoms with van der Waals surface area (Å²) in [5.41, 5.74) is 2.08. The van der Waals surface area contributed by atoms with Gasteiger partial charge in [-0.25, -0.2) is 5.43 Å². The number of aromatic hydroxyl groups is 1. The second kappa shape index (κ2) is 7.93. The van der Waals surface area contributed by atoms with E-state index in [2.05, 4.69) is 10.5 Å². The predicted octanol–water partition coefficient (Wildman–Crippen LogP) is 2.48. The maximum Gasteiger partial charge on any atom is 0.277 e. The van der Waals surface area contributed by atoms with Crippen LogP contribution < -0.4 is 10.2 Å². The van der Waals surface area contributed by atoms with Gasteiger partial charge in [0, 0.05) is 22.7 Å². The molecule has 0 bridgehead atoms. The average molecular weight is 350 g/mol. The number of non-ortho nitro benzene ring substituents is 1. The van der Waals surface area contributed by atoms with Crippen LogP contribution in [0.1, 0.15) is 5.56 Å². The Morgan fingerprint density at radius 3 is 2.88 bits per heavy atom. The Hall–Kier alpha value is -3.13. The summed E-state index contributed by atoms with van der Waals surface area (Å²) in [6.07, 6.45) is 1.10. The van der Waals surface area contributed by atoms with Crippen LogP contribution in [0.5, 0.6) is 11.5 Å². The summed E-state index contributed by atoms with van der Waals surface area (Å²) in [5.74, 6) is -0.317. The second-order valence-electron chi connectivity index (χ2n) is 4.54. The van der Waals surface area contributed by atoms with Crippen molar-refractivity contribution >= 4 is 29.4 Å². The number of rotatable bonds is 6. The smallest absolute Gasteiger partial charge is 0.277 e. The van der Waals surface area contributed by atoms with Crippen LogP contribution in [0.4, 0.5) is 5.69 Å². The molecule has 0 aliphatic carbocycles. The van der Waals surface area contributed by atoms with Gasteiger partial charge in [-0.2, -0.15) is 5.10 Å². The Bertz CT molecular complexity index is 794. The summed E-state index contributed by atoms with van der Waals surface area (Å²) in [7, 11) is 0. The van der Waals surface area contributed by atoms with Gasteiger partial charge < -0.3 is 9.84 Å². The number of ether oxygens (including phenoxy) is 1. The Labute approximate surface area is 141 Å². The fourth-order valence-electron chi connectivity index (χ4n) is 1.67. The van der Waals surface area contributed by atoms with E-state index in [9.17, 15) is 20.0 Å². The van der Waals surface area contributed by atoms with E-state index in [1.54, 1.807) is 24.3 Å². The third-order valence-corrected chi connectivity index (χ3v) is 3.02. The Morgan fingerprint density at radius 1 is 1.38 bits per heavy atom. The summed E-state index contributed by atoms with van der Waals surface area (Å²) in [4.78, 5) is 21.7. The fourth-order valence-corrected chi connectivity index (χ4v) is 1.85. The molecular weight excluding hydrogens is 338 g/mol. The number of nitro groups is 1. The molecule has 9 heteroatoms. The number of nitrogens with one attached hydrogen (secondary N) is 1. The molecule has 8 nitrogen and oxygen atoms in total. The third-order valence-electron chi connectivity index (χ3n) is 2.78. The highest BCUT2D eigenvalue weighted by atomic mass is 35.5. The first-order valence-electron chi connectivity index (χ1n) is 6.63. The number of hydrogen-bond donors (Lipinski definition) is 2. The molecule has 2 rings (SSSR count). The minimum absolute atomic E-state index is 0.0975. The first-order valence-corrected chi connectivity index (χ1v) is 7.01. The van der Waals surface area contributed by atoms with Crippen molar-refractivity contribution < 1.29 is 19.6 Å². The lowest BCUT2D eigenvalue weighted by molar-refractivity contribution is -0.384. The van der Waals surface area contributed by atoms with E-state index in [0.717, 1.165) is 18.3 Å². The second-order valence-corrected chi connectivity index (χ2v) is 4.98. The van der Waals surface area contributed by atoms with E-state index in [4.69, 9.17) is 16.3 Å². The van der Waals surface area contributed by atoms with Gasteiger partial charge in [-0.15, -0.1) is 0 Å². The van der Waals surface area contributed by atoms with Gasteiger partial charge in [0.1, 0.15) is 11.5 Å². The van der Waals surface area contributed by atoms with E-state index in [0.29, 0.717) is 10.8 Å². The highest BCUT2D eigenvalue weighted by Gasteiger charge is 2.09. The van der Waals surface area contributed by atoms with Crippen molar-refractivity contribution in [2.75, 3.05) is 6.61 Å². The number of carbonyl (C=O) groups excluding carboxylic acids is 1. The maximum atomic E-state index is 11.6. The fraction of sp³-hybridized carbons (Fsp3) is 0.0667. The van der Waals surface area contributed by atoms with Gasteiger partial charge in [-0.1, -0.05) is 17.7 Å². The normalized spacial score (nSPS) is 10.5. The highest BCUT2D eigenvalue weighted by molar-refractivity contribution is 6.30. The summed E-state index contributed by atoms with van der Waals surface area (Å²) in [5, 5.41) is 24.4. The van der Waals surface area contributed by atoms with E-state index in [1.165, 1.54) is 6.07 Å². The van der Waals surface area contributed by atoms with Crippen molar-refractivity contribution in [3.8, 4) is 11.5 Å². The number of nitro benzene ring substituents is 1. The molecule has 0 radical (unpaired) electrons. The number of phenolic OH excluding ortho intramolecular Hbond substituents is 1. The number of hydrazone groups is 1. The van der Waals surface area contributed by atoms with Crippen molar-refractivity contribution in [1.82, 2.24) is 5.43 Å². The predicted molar refractivity (Wildman–Crippen MR) is 87.4 cm³/mol. The van der Waals surface area contributed by atoms with Gasteiger partial charge >= 0.3 is 0 Å². The molecule has 2 N–H and O–H groups in total. The maximum absolute atomic E-state index is 11.6. The molecule has 0 unspecified atom stereocenters. The number of halogens is 1. The SMILES string of the molecule is O=C(COc1cccc(Cl)c1)NN=Cc1cc([N+](=O)[O-])ccc1O. The lowest BCUT2D eigenvalue weighted by Gasteiger charge is -2.05. The van der Waals surface area contributed by atoms with Crippen molar-refractivity contribution in [3.05, 3.63) is 63.2 Å². The number of nitrogens with zero attached hydrogens (tertiary/aromatic N) is 2. The Morgan fingerprint density at radius 2 is 2.17 bits per heavy atom. The van der Waals surface area contributed by atoms with Gasteiger partial charge in [0.25, 0.3) is 11.6 Å². The van der Waals surface area contributed by atoms with Crippen LogP contribution in [0.15, 0.2) is 47.6 Å². The number of hydrogen-bond acceptors (Lipinski definition) is 6. The zero-order valence-corrected chi connectivity index (χ0v) is 12.9. The minimum Gasteiger partial charge on any atom is -0.507 e. The van der Waals surface area contributed by atoms with Gasteiger partial charge in [0.05, 0.1) is 11.1 Å². The van der Waals surface area contributed by atoms with E-state index in [-0.39, 0.29) is 23.6 Å². The molecule has 0 aromatic heterocycles. The quantitative estimate of drug-likeness (QED) is 0.472. The van der Waals surface area contributed by atoms with Crippen molar-refractivity contribution in [2.24, 2.45) is 5.10 Å². The molecule has 2 aromatic carbocycles. The molecule has 0 heterocycles. The minimum atomic E-state index is -0.603. The zero-order chi connectivity index (χ0) is 17.5. The molecule has 0 spiro atoms. The first-order chi connectivity index (χ1) is 11.5. The largest absolute Gasteiger partial charge is 0.507 e. The van der Waals surface area contributed by atoms with Crippen LogP contribution in [-0.2, 0) is 4.79 Å². The molecule has 0 aliphatic rings. The lowest BCUT2D eigenvalue weighted by Crippen LogP contribution is -2.24. The summed E-state index contributed by atoms with van der Waals surface area (Å²) in [6.45, 7) is -0.293. The van der Waals surface area contributed by atoms with Crippen LogP contribution in [0.3, 0.4) is 0 Å². The molecule has 124 valence electrons. The van der Waals surface area contributed by atoms with Gasteiger partial charge in [-0.3, -0.25) is 14.9 Å². The van der Waals surface area contributed by atoms with Crippen molar-refractivity contribution in [3.63, 3.8) is 0 Å². The Kier molecular flexibility index (Phi) is 5.69. The molecule has 2 aromatic rings. The molecule has 1 amide bonds. The van der Waals surface area contributed by atoms with E-state index < -0.39 is 10.8 Å². The standard InChI is InChI=1S/C15H12ClN3O5/c16-11-2-1-3-13(7-11)24-9-15(21)18-17-8-10-6-12(19(22)23)4-5-14(10)20/h1-8,20H,9H2,(H,18,21). The van der Waals surface area contributed by atoms with Crippen LogP contribution in [0.25, 0.3) is 0 Å². The van der Waals surface area contributed by atoms with Gasteiger partial charge in [0.2, 0.25) is 0 Å². The zero-order valence-electron chi connectivity index (χ0n) is 12.2. The number of phenols is 1. The summed E-state index contributed by atoms with van der Waals surface area (Å²) in [6, 6.07) is 10.0. The Balaban J connectivity index is 1.90. The summed E-state index contributed by atoms with van der Waals surface area (Å²) < 4.78 is 5.22. The highest BCUT2D eigenvalue weighted by Crippen LogP contribution is 2.21.